The van der Waals surface area contributed by atoms with E-state index in [0.29, 0.717) is 6.42 Å². The van der Waals surface area contributed by atoms with Crippen LogP contribution < -0.4 is 5.32 Å². The summed E-state index contributed by atoms with van der Waals surface area (Å²) in [5, 5.41) is 54.6. The first-order chi connectivity index (χ1) is 42.3. The van der Waals surface area contributed by atoms with Crippen molar-refractivity contribution in [1.82, 2.24) is 5.32 Å². The third kappa shape index (κ3) is 51.6. The van der Waals surface area contributed by atoms with E-state index in [-0.39, 0.29) is 18.9 Å². The zero-order valence-corrected chi connectivity index (χ0v) is 54.2. The number of rotatable bonds is 57. The van der Waals surface area contributed by atoms with Crippen molar-refractivity contribution in [3.63, 3.8) is 0 Å². The van der Waals surface area contributed by atoms with Gasteiger partial charge in [-0.2, -0.15) is 0 Å². The summed E-state index contributed by atoms with van der Waals surface area (Å²) >= 11 is 0. The third-order valence-electron chi connectivity index (χ3n) is 15.0. The quantitative estimate of drug-likeness (QED) is 0.0261. The molecule has 1 saturated heterocycles. The maximum absolute atomic E-state index is 13.1. The predicted molar refractivity (Wildman–Crippen MR) is 368 cm³/mol. The lowest BCUT2D eigenvalue weighted by molar-refractivity contribution is -0.302. The fourth-order valence-electron chi connectivity index (χ4n) is 9.68. The fraction of sp³-hybridized carbons (Fsp3) is 0.623. The molecule has 0 aliphatic carbocycles. The van der Waals surface area contributed by atoms with Gasteiger partial charge in [0.15, 0.2) is 6.29 Å². The predicted octanol–water partition coefficient (Wildman–Crippen LogP) is 18.9. The number of aliphatic hydroxyl groups excluding tert-OH is 5. The van der Waals surface area contributed by atoms with Crippen molar-refractivity contribution >= 4 is 5.91 Å². The molecule has 1 heterocycles. The molecule has 0 saturated carbocycles. The average Bonchev–Trinajstić information content (AvgIpc) is 3.55. The lowest BCUT2D eigenvalue weighted by atomic mass is 9.99. The van der Waals surface area contributed by atoms with Crippen LogP contribution in [0.5, 0.6) is 0 Å². The van der Waals surface area contributed by atoms with Gasteiger partial charge in [-0.25, -0.2) is 0 Å². The minimum absolute atomic E-state index is 0.229. The Labute approximate surface area is 526 Å². The Morgan fingerprint density at radius 2 is 0.733 bits per heavy atom. The first-order valence-electron chi connectivity index (χ1n) is 34.4. The van der Waals surface area contributed by atoms with E-state index in [1.54, 1.807) is 6.08 Å². The van der Waals surface area contributed by atoms with E-state index in [9.17, 15) is 30.3 Å². The molecule has 9 nitrogen and oxygen atoms in total. The van der Waals surface area contributed by atoms with E-state index in [1.165, 1.54) is 116 Å². The van der Waals surface area contributed by atoms with E-state index in [4.69, 9.17) is 9.47 Å². The summed E-state index contributed by atoms with van der Waals surface area (Å²) in [7, 11) is 0. The Morgan fingerprint density at radius 1 is 0.407 bits per heavy atom. The van der Waals surface area contributed by atoms with Crippen LogP contribution >= 0.6 is 0 Å². The third-order valence-corrected chi connectivity index (χ3v) is 15.0. The molecular formula is C77H125NO8. The van der Waals surface area contributed by atoms with Crippen LogP contribution in [-0.2, 0) is 14.3 Å². The molecule has 6 N–H and O–H groups in total. The smallest absolute Gasteiger partial charge is 0.220 e. The van der Waals surface area contributed by atoms with Gasteiger partial charge in [0.1, 0.15) is 24.4 Å². The van der Waals surface area contributed by atoms with Gasteiger partial charge >= 0.3 is 0 Å². The minimum Gasteiger partial charge on any atom is -0.394 e. The van der Waals surface area contributed by atoms with Crippen molar-refractivity contribution < 1.29 is 39.8 Å². The lowest BCUT2D eigenvalue weighted by Gasteiger charge is -2.40. The molecule has 1 aliphatic heterocycles. The van der Waals surface area contributed by atoms with Crippen molar-refractivity contribution in [3.05, 3.63) is 170 Å². The first-order valence-corrected chi connectivity index (χ1v) is 34.4. The van der Waals surface area contributed by atoms with Crippen molar-refractivity contribution in [2.24, 2.45) is 0 Å². The number of carbonyl (C=O) groups excluding carboxylic acids is 1. The molecule has 0 spiro atoms. The zero-order chi connectivity index (χ0) is 62.1. The fourth-order valence-corrected chi connectivity index (χ4v) is 9.68. The molecule has 0 aromatic heterocycles. The van der Waals surface area contributed by atoms with Crippen molar-refractivity contribution in [3.8, 4) is 0 Å². The Bertz CT molecular complexity index is 1960. The Morgan fingerprint density at radius 3 is 1.12 bits per heavy atom. The van der Waals surface area contributed by atoms with Gasteiger partial charge in [0.2, 0.25) is 5.91 Å². The van der Waals surface area contributed by atoms with Gasteiger partial charge < -0.3 is 40.3 Å². The van der Waals surface area contributed by atoms with E-state index in [1.807, 2.05) is 6.08 Å². The van der Waals surface area contributed by atoms with Gasteiger partial charge in [-0.1, -0.05) is 293 Å². The molecule has 1 amide bonds. The maximum atomic E-state index is 13.1. The standard InChI is InChI=1S/C77H125NO8/c1-3-5-7-9-11-13-15-17-19-21-23-25-27-29-30-31-32-33-34-35-36-37-38-39-40-41-42-43-45-47-49-51-53-55-57-59-61-63-65-67-73(81)78-70(69-85-77-76(84)75(83)74(82)72(68-79)86-77)71(80)66-64-62-60-58-56-54-52-50-48-46-44-28-26-24-22-20-18-16-14-12-10-8-6-4-2/h5,7,11,13,17,19,23,25,29-30,32-33,35-36,38-39,41-42,45,47,51,53,56-59,64,66,70-72,74-77,79-80,82-84H,3-4,6,8-10,12,14-16,18,20-22,24,26-28,31,34,37,40,43-44,46,48-50,52,54-55,60-63,65,67-69H2,1-2H3,(H,78,81)/b7-5-,13-11-,19-17-,25-23-,30-29-,33-32-,36-35-,39-38-,42-41-,47-45-,53-51-,58-56+,59-57-,66-64+. The molecular weight excluding hydrogens is 1070 g/mol. The van der Waals surface area contributed by atoms with Gasteiger partial charge in [-0.15, -0.1) is 0 Å². The monoisotopic (exact) mass is 1190 g/mol. The van der Waals surface area contributed by atoms with Gasteiger partial charge in [0, 0.05) is 6.42 Å². The Balaban J connectivity index is 2.24. The van der Waals surface area contributed by atoms with Crippen LogP contribution in [0.1, 0.15) is 251 Å². The van der Waals surface area contributed by atoms with Crippen LogP contribution in [0.2, 0.25) is 0 Å². The van der Waals surface area contributed by atoms with Crippen LogP contribution in [0.25, 0.3) is 0 Å². The van der Waals surface area contributed by atoms with Crippen LogP contribution in [0.15, 0.2) is 170 Å². The highest BCUT2D eigenvalue weighted by Gasteiger charge is 2.44. The highest BCUT2D eigenvalue weighted by atomic mass is 16.7. The topological polar surface area (TPSA) is 149 Å². The molecule has 0 aromatic rings. The molecule has 0 bridgehead atoms. The highest BCUT2D eigenvalue weighted by Crippen LogP contribution is 2.23. The number of carbonyl (C=O) groups is 1. The summed E-state index contributed by atoms with van der Waals surface area (Å²) in [4.78, 5) is 13.1. The summed E-state index contributed by atoms with van der Waals surface area (Å²) in [6, 6.07) is -0.860. The molecule has 1 rings (SSSR count). The summed E-state index contributed by atoms with van der Waals surface area (Å²) in [5.74, 6) is -0.234. The van der Waals surface area contributed by atoms with Gasteiger partial charge in [0.25, 0.3) is 0 Å². The molecule has 0 radical (unpaired) electrons. The van der Waals surface area contributed by atoms with E-state index >= 15 is 0 Å². The first kappa shape index (κ1) is 79.6. The second kappa shape index (κ2) is 63.6. The Kier molecular flexibility index (Phi) is 58.8. The highest BCUT2D eigenvalue weighted by molar-refractivity contribution is 5.76. The second-order valence-corrected chi connectivity index (χ2v) is 22.9. The summed E-state index contributed by atoms with van der Waals surface area (Å²) in [6.45, 7) is 3.63. The number of aliphatic hydroxyl groups is 5. The number of hydrogen-bond acceptors (Lipinski definition) is 8. The summed E-state index contributed by atoms with van der Waals surface area (Å²) in [5.41, 5.74) is 0. The number of nitrogens with one attached hydrogen (secondary N) is 1. The Hall–Kier alpha value is -4.45. The van der Waals surface area contributed by atoms with Crippen molar-refractivity contribution in [2.45, 2.75) is 294 Å². The largest absolute Gasteiger partial charge is 0.394 e. The average molecular weight is 1190 g/mol. The molecule has 486 valence electrons. The van der Waals surface area contributed by atoms with Crippen LogP contribution in [0.3, 0.4) is 0 Å². The molecule has 1 fully saturated rings. The van der Waals surface area contributed by atoms with Gasteiger partial charge in [-0.05, 0) is 122 Å². The number of unbranched alkanes of at least 4 members (excludes halogenated alkanes) is 21. The normalized spacial score (nSPS) is 19.2. The zero-order valence-electron chi connectivity index (χ0n) is 54.2. The van der Waals surface area contributed by atoms with Crippen LogP contribution in [0.4, 0.5) is 0 Å². The SMILES string of the molecule is CC/C=C\C/C=C\C/C=C\C/C=C\C/C=C\C/C=C\C/C=C\C/C=C\C/C=C\C/C=C\C/C=C\C/C=C\CCCCC(=O)NC(COC1OC(CO)C(O)C(O)C1O)C(O)/C=C/CC/C=C/CCCCCCCCCCCCCCCCCCCC. The van der Waals surface area contributed by atoms with E-state index in [0.717, 1.165) is 109 Å². The van der Waals surface area contributed by atoms with Crippen LogP contribution in [0, 0.1) is 0 Å². The minimum atomic E-state index is -1.59. The number of amides is 1. The molecule has 7 atom stereocenters. The lowest BCUT2D eigenvalue weighted by Crippen LogP contribution is -2.60. The molecule has 86 heavy (non-hydrogen) atoms. The van der Waals surface area contributed by atoms with Gasteiger partial charge in [-0.3, -0.25) is 4.79 Å². The van der Waals surface area contributed by atoms with E-state index < -0.39 is 49.5 Å². The van der Waals surface area contributed by atoms with Gasteiger partial charge in [0.05, 0.1) is 25.4 Å². The number of allylic oxidation sites excluding steroid dienone is 27. The molecule has 0 aromatic carbocycles. The molecule has 9 heteroatoms. The number of ether oxygens (including phenoxy) is 2. The molecule has 7 unspecified atom stereocenters. The maximum Gasteiger partial charge on any atom is 0.220 e. The molecule has 1 aliphatic rings. The summed E-state index contributed by atoms with van der Waals surface area (Å²) < 4.78 is 11.3. The van der Waals surface area contributed by atoms with Crippen molar-refractivity contribution in [2.75, 3.05) is 13.2 Å². The number of hydrogen-bond donors (Lipinski definition) is 6. The second-order valence-electron chi connectivity index (χ2n) is 22.9. The summed E-state index contributed by atoms with van der Waals surface area (Å²) in [6.07, 6.45) is 94.5. The van der Waals surface area contributed by atoms with E-state index in [2.05, 4.69) is 177 Å². The van der Waals surface area contributed by atoms with Crippen LogP contribution in [-0.4, -0.2) is 87.5 Å². The van der Waals surface area contributed by atoms with Crippen molar-refractivity contribution in [1.29, 1.82) is 0 Å².